The number of hydrogen-bond acceptors (Lipinski definition) is 9. The Balaban J connectivity index is 1.57. The van der Waals surface area contributed by atoms with E-state index in [4.69, 9.17) is 15.3 Å². The molecule has 14 heteroatoms. The second-order valence-electron chi connectivity index (χ2n) is 12.0. The highest BCUT2D eigenvalue weighted by atomic mass is 16.6. The van der Waals surface area contributed by atoms with Gasteiger partial charge in [0.1, 0.15) is 0 Å². The Morgan fingerprint density at radius 1 is 1.17 bits per heavy atom. The Bertz CT molecular complexity index is 1550. The third-order valence-electron chi connectivity index (χ3n) is 9.30. The van der Waals surface area contributed by atoms with Crippen LogP contribution in [0.25, 0.3) is 10.4 Å². The van der Waals surface area contributed by atoms with Gasteiger partial charge in [-0.1, -0.05) is 47.6 Å². The third-order valence-corrected chi connectivity index (χ3v) is 9.30. The number of rotatable bonds is 17. The Hall–Kier alpha value is -5.07. The quantitative estimate of drug-likeness (QED) is 0.0362. The molecule has 2 heterocycles. The van der Waals surface area contributed by atoms with Crippen LogP contribution in [0.4, 0.5) is 5.69 Å². The van der Waals surface area contributed by atoms with Crippen LogP contribution in [0, 0.1) is 10.1 Å². The van der Waals surface area contributed by atoms with Crippen LogP contribution in [-0.4, -0.2) is 85.1 Å². The normalized spacial score (nSPS) is 19.0. The maximum absolute atomic E-state index is 13.0. The monoisotopic (exact) mass is 658 g/mol. The summed E-state index contributed by atoms with van der Waals surface area (Å²) in [6.45, 7) is 4.56. The Morgan fingerprint density at radius 3 is 2.48 bits per heavy atom. The first-order chi connectivity index (χ1) is 23.3. The topological polar surface area (TPSA) is 183 Å². The van der Waals surface area contributed by atoms with E-state index in [1.54, 1.807) is 17.0 Å². The van der Waals surface area contributed by atoms with Crippen molar-refractivity contribution in [1.82, 2.24) is 15.1 Å². The van der Waals surface area contributed by atoms with Gasteiger partial charge in [0.05, 0.1) is 40.8 Å². The summed E-state index contributed by atoms with van der Waals surface area (Å²) < 4.78 is 5.23. The first-order valence-electron chi connectivity index (χ1n) is 16.1. The van der Waals surface area contributed by atoms with E-state index in [2.05, 4.69) is 20.2 Å². The number of nitrogens with one attached hydrogen (secondary N) is 1. The predicted molar refractivity (Wildman–Crippen MR) is 180 cm³/mol. The van der Waals surface area contributed by atoms with Crippen molar-refractivity contribution in [2.45, 2.75) is 62.8 Å². The smallest absolute Gasteiger partial charge is 0.316 e. The first-order valence-corrected chi connectivity index (χ1v) is 16.1. The van der Waals surface area contributed by atoms with Gasteiger partial charge in [0, 0.05) is 35.8 Å². The number of azide groups is 1. The van der Waals surface area contributed by atoms with E-state index in [1.165, 1.54) is 19.2 Å². The number of nitro groups is 1. The molecule has 1 saturated heterocycles. The van der Waals surface area contributed by atoms with Crippen LogP contribution in [0.1, 0.15) is 62.5 Å². The minimum absolute atomic E-state index is 0.0686. The van der Waals surface area contributed by atoms with Crippen LogP contribution < -0.4 is 5.32 Å². The number of nitrogens with zero attached hydrogens (tertiary/aromatic N) is 7. The number of non-ortho nitro benzene ring substituents is 1. The number of esters is 1. The molecular weight excluding hydrogens is 616 g/mol. The molecule has 1 N–H and O–H groups in total. The van der Waals surface area contributed by atoms with Crippen molar-refractivity contribution in [2.24, 2.45) is 10.1 Å². The maximum Gasteiger partial charge on any atom is 0.316 e. The number of methoxy groups -OCH3 is 1. The van der Waals surface area contributed by atoms with Crippen LogP contribution in [-0.2, 0) is 24.5 Å². The SMILES string of the molecule is COC(=O)C1(c2ccccc2)CCN(CCCN(C=O)C2=C(CCCCN=[N+]=[N-])N=C(C)C(NC=O)C2c2ccc([N+](=O)[O-])cc2)CC1. The fourth-order valence-electron chi connectivity index (χ4n) is 6.83. The van der Waals surface area contributed by atoms with Gasteiger partial charge in [-0.15, -0.1) is 0 Å². The molecular formula is C34H42N8O6. The van der Waals surface area contributed by atoms with Crippen molar-refractivity contribution in [3.05, 3.63) is 97.7 Å². The Morgan fingerprint density at radius 2 is 1.88 bits per heavy atom. The van der Waals surface area contributed by atoms with Crippen molar-refractivity contribution < 1.29 is 24.0 Å². The van der Waals surface area contributed by atoms with Crippen molar-refractivity contribution in [3.8, 4) is 0 Å². The Kier molecular flexibility index (Phi) is 12.8. The fourth-order valence-corrected chi connectivity index (χ4v) is 6.83. The molecule has 2 unspecified atom stereocenters. The average Bonchev–Trinajstić information content (AvgIpc) is 3.11. The van der Waals surface area contributed by atoms with Crippen LogP contribution in [0.15, 0.2) is 76.1 Å². The number of benzene rings is 2. The van der Waals surface area contributed by atoms with Crippen molar-refractivity contribution in [1.29, 1.82) is 0 Å². The van der Waals surface area contributed by atoms with Gasteiger partial charge in [-0.2, -0.15) is 0 Å². The number of likely N-dealkylation sites (tertiary alicyclic amines) is 1. The van der Waals surface area contributed by atoms with Gasteiger partial charge < -0.3 is 19.9 Å². The molecule has 2 amide bonds. The molecule has 48 heavy (non-hydrogen) atoms. The van der Waals surface area contributed by atoms with Gasteiger partial charge in [0.2, 0.25) is 12.8 Å². The van der Waals surface area contributed by atoms with Crippen LogP contribution in [0.5, 0.6) is 0 Å². The molecule has 4 rings (SSSR count). The molecule has 2 aliphatic rings. The highest BCUT2D eigenvalue weighted by Gasteiger charge is 2.44. The van der Waals surface area contributed by atoms with Crippen molar-refractivity contribution in [2.75, 3.05) is 39.8 Å². The van der Waals surface area contributed by atoms with Crippen molar-refractivity contribution >= 4 is 30.2 Å². The lowest BCUT2D eigenvalue weighted by atomic mass is 9.72. The molecule has 0 bridgehead atoms. The number of ether oxygens (including phenoxy) is 1. The highest BCUT2D eigenvalue weighted by Crippen LogP contribution is 2.40. The molecule has 0 saturated carbocycles. The number of carbonyl (C=O) groups is 3. The average molecular weight is 659 g/mol. The molecule has 0 radical (unpaired) electrons. The maximum atomic E-state index is 13.0. The van der Waals surface area contributed by atoms with E-state index >= 15 is 0 Å². The van der Waals surface area contributed by atoms with Crippen LogP contribution in [0.3, 0.4) is 0 Å². The lowest BCUT2D eigenvalue weighted by molar-refractivity contribution is -0.384. The molecule has 0 aliphatic carbocycles. The minimum atomic E-state index is -0.698. The number of hydrogen-bond donors (Lipinski definition) is 1. The molecule has 2 aromatic rings. The minimum Gasteiger partial charge on any atom is -0.468 e. The standard InChI is InChI=1S/C34H42N8O6/c1-25-31(36-23-43)30(26-12-14-28(15-13-26)42(46)47)32(29(38-25)11-6-7-18-37-39-35)41(24-44)20-8-19-40-21-16-34(17-22-40,33(45)48-2)27-9-4-3-5-10-27/h3-5,9-10,12-15,23-24,30-31H,6-8,11,16-22H2,1-2H3,(H,36,43). The summed E-state index contributed by atoms with van der Waals surface area (Å²) >= 11 is 0. The number of piperidine rings is 1. The second kappa shape index (κ2) is 17.2. The van der Waals surface area contributed by atoms with Gasteiger partial charge >= 0.3 is 5.97 Å². The zero-order valence-electron chi connectivity index (χ0n) is 27.4. The van der Waals surface area contributed by atoms with Crippen molar-refractivity contribution in [3.63, 3.8) is 0 Å². The third kappa shape index (κ3) is 8.25. The van der Waals surface area contributed by atoms with E-state index < -0.39 is 22.3 Å². The molecule has 2 aliphatic heterocycles. The summed E-state index contributed by atoms with van der Waals surface area (Å²) in [5.74, 6) is -0.768. The summed E-state index contributed by atoms with van der Waals surface area (Å²) in [4.78, 5) is 60.0. The molecule has 2 atom stereocenters. The summed E-state index contributed by atoms with van der Waals surface area (Å²) in [6.07, 6.45) is 4.99. The molecule has 254 valence electrons. The van der Waals surface area contributed by atoms with Gasteiger partial charge in [-0.05, 0) is 81.7 Å². The molecule has 14 nitrogen and oxygen atoms in total. The number of amides is 2. The van der Waals surface area contributed by atoms with Gasteiger partial charge in [0.25, 0.3) is 5.69 Å². The molecule has 1 fully saturated rings. The summed E-state index contributed by atoms with van der Waals surface area (Å²) in [5.41, 5.74) is 11.5. The van der Waals surface area contributed by atoms with Crippen LogP contribution in [0.2, 0.25) is 0 Å². The van der Waals surface area contributed by atoms with Gasteiger partial charge in [-0.25, -0.2) is 0 Å². The Labute approximate surface area is 279 Å². The molecule has 2 aromatic carbocycles. The fraction of sp³-hybridized carbons (Fsp3) is 0.471. The summed E-state index contributed by atoms with van der Waals surface area (Å²) in [5, 5.41) is 17.9. The molecule has 0 spiro atoms. The first kappa shape index (κ1) is 35.8. The highest BCUT2D eigenvalue weighted by molar-refractivity contribution is 5.92. The number of nitro benzene ring substituents is 1. The zero-order chi connectivity index (χ0) is 34.5. The van der Waals surface area contributed by atoms with E-state index in [-0.39, 0.29) is 11.7 Å². The lowest BCUT2D eigenvalue weighted by Gasteiger charge is -2.40. The van der Waals surface area contributed by atoms with E-state index in [9.17, 15) is 24.5 Å². The summed E-state index contributed by atoms with van der Waals surface area (Å²) in [6, 6.07) is 15.3. The largest absolute Gasteiger partial charge is 0.468 e. The van der Waals surface area contributed by atoms with E-state index in [1.807, 2.05) is 37.3 Å². The van der Waals surface area contributed by atoms with Gasteiger partial charge in [0.15, 0.2) is 0 Å². The number of allylic oxidation sites excluding steroid dienone is 1. The number of aliphatic imine (C=N–C) groups is 1. The van der Waals surface area contributed by atoms with E-state index in [0.29, 0.717) is 100 Å². The number of carbonyl (C=O) groups excluding carboxylic acids is 3. The van der Waals surface area contributed by atoms with E-state index in [0.717, 1.165) is 12.0 Å². The zero-order valence-corrected chi connectivity index (χ0v) is 27.4. The predicted octanol–water partition coefficient (Wildman–Crippen LogP) is 5.02. The molecule has 0 aromatic heterocycles. The van der Waals surface area contributed by atoms with Gasteiger partial charge in [-0.3, -0.25) is 29.5 Å². The van der Waals surface area contributed by atoms with Crippen LogP contribution >= 0.6 is 0 Å². The summed E-state index contributed by atoms with van der Waals surface area (Å²) in [7, 11) is 1.42. The second-order valence-corrected chi connectivity index (χ2v) is 12.0. The number of unbranched alkanes of at least 4 members (excludes halogenated alkanes) is 1. The lowest BCUT2D eigenvalue weighted by Crippen LogP contribution is -2.48.